The molecule has 2 heteroatoms. The summed E-state index contributed by atoms with van der Waals surface area (Å²) in [7, 11) is 0. The molecule has 0 spiro atoms. The Morgan fingerprint density at radius 1 is 1.15 bits per heavy atom. The van der Waals surface area contributed by atoms with Gasteiger partial charge in [-0.2, -0.15) is 0 Å². The fourth-order valence-electron chi connectivity index (χ4n) is 1.08. The molecule has 0 heterocycles. The minimum atomic E-state index is -0.138. The van der Waals surface area contributed by atoms with Gasteiger partial charge in [0.1, 0.15) is 0 Å². The zero-order valence-electron chi connectivity index (χ0n) is 7.63. The summed E-state index contributed by atoms with van der Waals surface area (Å²) in [5.41, 5.74) is 3.57. The van der Waals surface area contributed by atoms with E-state index in [9.17, 15) is 9.59 Å². The Labute approximate surface area is 76.9 Å². The van der Waals surface area contributed by atoms with E-state index in [1.165, 1.54) is 13.8 Å². The largest absolute Gasteiger partial charge is 0.294 e. The summed E-state index contributed by atoms with van der Waals surface area (Å²) in [4.78, 5) is 22.3. The van der Waals surface area contributed by atoms with Crippen molar-refractivity contribution in [1.29, 1.82) is 0 Å². The Kier molecular flexibility index (Phi) is 2.78. The maximum absolute atomic E-state index is 11.1. The van der Waals surface area contributed by atoms with Crippen molar-refractivity contribution < 1.29 is 9.59 Å². The molecule has 13 heavy (non-hydrogen) atoms. The van der Waals surface area contributed by atoms with E-state index in [4.69, 9.17) is 0 Å². The second-order valence-corrected chi connectivity index (χ2v) is 2.76. The normalized spacial score (nSPS) is 14.6. The van der Waals surface area contributed by atoms with Crippen molar-refractivity contribution in [3.05, 3.63) is 41.2 Å². The van der Waals surface area contributed by atoms with Gasteiger partial charge in [-0.25, -0.2) is 0 Å². The lowest BCUT2D eigenvalue weighted by Gasteiger charge is -2.00. The second kappa shape index (κ2) is 3.83. The van der Waals surface area contributed by atoms with Crippen LogP contribution in [0.4, 0.5) is 0 Å². The molecule has 1 aliphatic rings. The molecular formula is C11H10O2. The molecule has 0 unspecified atom stereocenters. The molecule has 0 aromatic carbocycles. The van der Waals surface area contributed by atoms with Crippen LogP contribution >= 0.6 is 0 Å². The Hall–Kier alpha value is -1.66. The molecule has 0 fully saturated rings. The summed E-state index contributed by atoms with van der Waals surface area (Å²) in [6.07, 6.45) is 6.72. The molecule has 0 aromatic rings. The SMILES string of the molecule is CC(=O)C1=C=CC=CC=C1C(C)=O. The average molecular weight is 174 g/mol. The standard InChI is InChI=1S/C11H10O2/c1-8(12)10-6-4-3-5-7-11(10)9(2)13/h3-6H,1-2H3. The van der Waals surface area contributed by atoms with Gasteiger partial charge in [-0.1, -0.05) is 18.2 Å². The van der Waals surface area contributed by atoms with Gasteiger partial charge in [0.2, 0.25) is 0 Å². The van der Waals surface area contributed by atoms with Crippen molar-refractivity contribution in [3.8, 4) is 0 Å². The fourth-order valence-corrected chi connectivity index (χ4v) is 1.08. The van der Waals surface area contributed by atoms with Crippen LogP contribution < -0.4 is 0 Å². The van der Waals surface area contributed by atoms with Crippen LogP contribution in [0.5, 0.6) is 0 Å². The molecule has 0 aromatic heterocycles. The minimum Gasteiger partial charge on any atom is -0.294 e. The van der Waals surface area contributed by atoms with Crippen LogP contribution in [0.15, 0.2) is 41.2 Å². The van der Waals surface area contributed by atoms with Crippen LogP contribution in [0, 0.1) is 0 Å². The third-order valence-electron chi connectivity index (χ3n) is 1.70. The predicted octanol–water partition coefficient (Wildman–Crippen LogP) is 1.74. The van der Waals surface area contributed by atoms with Gasteiger partial charge in [-0.3, -0.25) is 9.59 Å². The number of hydrogen-bond acceptors (Lipinski definition) is 2. The number of hydrogen-bond donors (Lipinski definition) is 0. The Morgan fingerprint density at radius 3 is 2.38 bits per heavy atom. The molecule has 0 N–H and O–H groups in total. The van der Waals surface area contributed by atoms with E-state index in [2.05, 4.69) is 5.73 Å². The third-order valence-corrected chi connectivity index (χ3v) is 1.70. The monoisotopic (exact) mass is 174 g/mol. The molecule has 1 aliphatic carbocycles. The maximum Gasteiger partial charge on any atom is 0.168 e. The molecule has 0 radical (unpaired) electrons. The van der Waals surface area contributed by atoms with Crippen LogP contribution in [0.2, 0.25) is 0 Å². The highest BCUT2D eigenvalue weighted by atomic mass is 16.1. The molecular weight excluding hydrogens is 164 g/mol. The van der Waals surface area contributed by atoms with Crippen molar-refractivity contribution >= 4 is 11.6 Å². The average Bonchev–Trinajstić information content (AvgIpc) is 2.27. The summed E-state index contributed by atoms with van der Waals surface area (Å²) in [6.45, 7) is 2.87. The highest BCUT2D eigenvalue weighted by Gasteiger charge is 2.13. The van der Waals surface area contributed by atoms with E-state index in [1.54, 1.807) is 24.3 Å². The van der Waals surface area contributed by atoms with Crippen LogP contribution in [0.1, 0.15) is 13.8 Å². The van der Waals surface area contributed by atoms with Gasteiger partial charge in [0, 0.05) is 5.57 Å². The third kappa shape index (κ3) is 2.14. The van der Waals surface area contributed by atoms with Crippen LogP contribution in [-0.4, -0.2) is 11.6 Å². The maximum atomic E-state index is 11.1. The van der Waals surface area contributed by atoms with E-state index >= 15 is 0 Å². The van der Waals surface area contributed by atoms with Gasteiger partial charge in [0.15, 0.2) is 11.6 Å². The first-order valence-electron chi connectivity index (χ1n) is 3.99. The van der Waals surface area contributed by atoms with Crippen LogP contribution in [-0.2, 0) is 9.59 Å². The zero-order chi connectivity index (χ0) is 9.84. The van der Waals surface area contributed by atoms with E-state index < -0.39 is 0 Å². The molecule has 0 bridgehead atoms. The van der Waals surface area contributed by atoms with E-state index in [1.807, 2.05) is 0 Å². The lowest BCUT2D eigenvalue weighted by molar-refractivity contribution is -0.116. The van der Waals surface area contributed by atoms with Gasteiger partial charge >= 0.3 is 0 Å². The quantitative estimate of drug-likeness (QED) is 0.597. The number of Topliss-reactive ketones (excluding diaryl/α,β-unsaturated/α-hetero) is 2. The molecule has 1 rings (SSSR count). The second-order valence-electron chi connectivity index (χ2n) is 2.76. The minimum absolute atomic E-state index is 0.113. The van der Waals surface area contributed by atoms with Crippen LogP contribution in [0.3, 0.4) is 0 Å². The molecule has 0 atom stereocenters. The predicted molar refractivity (Wildman–Crippen MR) is 50.2 cm³/mol. The van der Waals surface area contributed by atoms with Crippen molar-refractivity contribution in [1.82, 2.24) is 0 Å². The van der Waals surface area contributed by atoms with Crippen molar-refractivity contribution in [2.75, 3.05) is 0 Å². The number of ketones is 2. The van der Waals surface area contributed by atoms with Gasteiger partial charge in [0.25, 0.3) is 0 Å². The number of allylic oxidation sites excluding steroid dienone is 5. The van der Waals surface area contributed by atoms with Crippen molar-refractivity contribution in [3.63, 3.8) is 0 Å². The van der Waals surface area contributed by atoms with Gasteiger partial charge in [-0.05, 0) is 19.9 Å². The smallest absolute Gasteiger partial charge is 0.168 e. The first-order valence-corrected chi connectivity index (χ1v) is 3.99. The van der Waals surface area contributed by atoms with E-state index in [-0.39, 0.29) is 11.6 Å². The van der Waals surface area contributed by atoms with Crippen molar-refractivity contribution in [2.45, 2.75) is 13.8 Å². The number of rotatable bonds is 2. The Morgan fingerprint density at radius 2 is 1.85 bits per heavy atom. The molecule has 66 valence electrons. The van der Waals surface area contributed by atoms with Gasteiger partial charge in [0.05, 0.1) is 5.57 Å². The number of carbonyl (C=O) groups is 2. The summed E-state index contributed by atoms with van der Waals surface area (Å²) in [6, 6.07) is 0. The molecule has 0 amide bonds. The highest BCUT2D eigenvalue weighted by Crippen LogP contribution is 2.13. The summed E-state index contributed by atoms with van der Waals surface area (Å²) in [5.74, 6) is -0.251. The number of carbonyl (C=O) groups excluding carboxylic acids is 2. The Balaban J connectivity index is 3.24. The van der Waals surface area contributed by atoms with Gasteiger partial charge < -0.3 is 0 Å². The molecule has 0 saturated heterocycles. The summed E-state index contributed by atoms with van der Waals surface area (Å²) >= 11 is 0. The fraction of sp³-hybridized carbons (Fsp3) is 0.182. The van der Waals surface area contributed by atoms with E-state index in [0.717, 1.165) is 0 Å². The first-order chi connectivity index (χ1) is 6.13. The molecule has 2 nitrogen and oxygen atoms in total. The topological polar surface area (TPSA) is 34.1 Å². The zero-order valence-corrected chi connectivity index (χ0v) is 7.63. The highest BCUT2D eigenvalue weighted by molar-refractivity contribution is 6.11. The van der Waals surface area contributed by atoms with E-state index in [0.29, 0.717) is 11.1 Å². The Bertz CT molecular complexity index is 375. The van der Waals surface area contributed by atoms with Gasteiger partial charge in [-0.15, -0.1) is 5.73 Å². The van der Waals surface area contributed by atoms with Crippen LogP contribution in [0.25, 0.3) is 0 Å². The summed E-state index contributed by atoms with van der Waals surface area (Å²) < 4.78 is 0. The first kappa shape index (κ1) is 9.43. The van der Waals surface area contributed by atoms with Crippen molar-refractivity contribution in [2.24, 2.45) is 0 Å². The summed E-state index contributed by atoms with van der Waals surface area (Å²) in [5, 5.41) is 0. The lowest BCUT2D eigenvalue weighted by Crippen LogP contribution is -2.05. The molecule has 0 saturated carbocycles. The molecule has 0 aliphatic heterocycles. The lowest BCUT2D eigenvalue weighted by atomic mass is 10.0.